The van der Waals surface area contributed by atoms with Crippen molar-refractivity contribution in [3.05, 3.63) is 0 Å². The number of hydrogen-bond acceptors (Lipinski definition) is 3. The predicted molar refractivity (Wildman–Crippen MR) is 68.7 cm³/mol. The molecule has 1 aliphatic rings. The summed E-state index contributed by atoms with van der Waals surface area (Å²) in [5.41, 5.74) is 0. The second-order valence-corrected chi connectivity index (χ2v) is 5.38. The van der Waals surface area contributed by atoms with E-state index in [1.54, 1.807) is 0 Å². The third kappa shape index (κ3) is 5.23. The zero-order valence-electron chi connectivity index (χ0n) is 10.1. The highest BCUT2D eigenvalue weighted by Gasteiger charge is 2.22. The lowest BCUT2D eigenvalue weighted by Crippen LogP contribution is -2.43. The van der Waals surface area contributed by atoms with Gasteiger partial charge in [-0.15, -0.1) is 0 Å². The van der Waals surface area contributed by atoms with E-state index in [4.69, 9.17) is 4.74 Å². The van der Waals surface area contributed by atoms with Gasteiger partial charge in [-0.05, 0) is 13.5 Å². The Kier molecular flexibility index (Phi) is 7.49. The fourth-order valence-electron chi connectivity index (χ4n) is 2.05. The first-order valence-corrected chi connectivity index (χ1v) is 7.40. The molecule has 90 valence electrons. The van der Waals surface area contributed by atoms with Crippen LogP contribution < -0.4 is 5.32 Å². The van der Waals surface area contributed by atoms with Gasteiger partial charge >= 0.3 is 0 Å². The summed E-state index contributed by atoms with van der Waals surface area (Å²) in [4.78, 5) is 0. The van der Waals surface area contributed by atoms with Gasteiger partial charge in [0, 0.05) is 17.5 Å². The SMILES string of the molecule is CCCCCCC(NC)C1CSCCO1. The number of ether oxygens (including phenoxy) is 1. The van der Waals surface area contributed by atoms with E-state index in [9.17, 15) is 0 Å². The zero-order chi connectivity index (χ0) is 10.9. The van der Waals surface area contributed by atoms with Crippen molar-refractivity contribution in [3.8, 4) is 0 Å². The Labute approximate surface area is 98.5 Å². The number of thioether (sulfide) groups is 1. The molecule has 1 saturated heterocycles. The molecule has 2 nitrogen and oxygen atoms in total. The van der Waals surface area contributed by atoms with Crippen molar-refractivity contribution in [1.29, 1.82) is 0 Å². The van der Waals surface area contributed by atoms with Gasteiger partial charge in [-0.2, -0.15) is 11.8 Å². The molecule has 0 saturated carbocycles. The Morgan fingerprint density at radius 3 is 2.87 bits per heavy atom. The molecule has 2 atom stereocenters. The zero-order valence-corrected chi connectivity index (χ0v) is 10.9. The summed E-state index contributed by atoms with van der Waals surface area (Å²) < 4.78 is 5.80. The number of hydrogen-bond donors (Lipinski definition) is 1. The van der Waals surface area contributed by atoms with Gasteiger partial charge in [0.25, 0.3) is 0 Å². The van der Waals surface area contributed by atoms with E-state index >= 15 is 0 Å². The molecular weight excluding hydrogens is 206 g/mol. The Hall–Kier alpha value is 0.270. The minimum Gasteiger partial charge on any atom is -0.375 e. The van der Waals surface area contributed by atoms with Crippen LogP contribution in [0.5, 0.6) is 0 Å². The van der Waals surface area contributed by atoms with Gasteiger partial charge in [0.2, 0.25) is 0 Å². The fraction of sp³-hybridized carbons (Fsp3) is 1.00. The molecule has 1 fully saturated rings. The average molecular weight is 231 g/mol. The monoisotopic (exact) mass is 231 g/mol. The molecule has 0 spiro atoms. The van der Waals surface area contributed by atoms with Crippen LogP contribution in [0.15, 0.2) is 0 Å². The third-order valence-corrected chi connectivity index (χ3v) is 4.05. The second kappa shape index (κ2) is 8.43. The Morgan fingerprint density at radius 1 is 1.40 bits per heavy atom. The van der Waals surface area contributed by atoms with E-state index in [1.807, 2.05) is 11.8 Å². The smallest absolute Gasteiger partial charge is 0.0818 e. The van der Waals surface area contributed by atoms with Crippen molar-refractivity contribution < 1.29 is 4.74 Å². The highest BCUT2D eigenvalue weighted by atomic mass is 32.2. The second-order valence-electron chi connectivity index (χ2n) is 4.23. The average Bonchev–Trinajstić information content (AvgIpc) is 2.30. The Bertz CT molecular complexity index is 149. The molecule has 0 radical (unpaired) electrons. The topological polar surface area (TPSA) is 21.3 Å². The molecule has 1 rings (SSSR count). The number of rotatable bonds is 7. The van der Waals surface area contributed by atoms with Gasteiger partial charge in [0.1, 0.15) is 0 Å². The molecule has 15 heavy (non-hydrogen) atoms. The summed E-state index contributed by atoms with van der Waals surface area (Å²) >= 11 is 2.03. The molecule has 3 heteroatoms. The van der Waals surface area contributed by atoms with Gasteiger partial charge < -0.3 is 10.1 Å². The molecule has 1 N–H and O–H groups in total. The molecule has 0 aromatic heterocycles. The van der Waals surface area contributed by atoms with Crippen molar-refractivity contribution in [3.63, 3.8) is 0 Å². The molecule has 2 unspecified atom stereocenters. The predicted octanol–water partition coefficient (Wildman–Crippen LogP) is 2.68. The number of nitrogens with one attached hydrogen (secondary N) is 1. The van der Waals surface area contributed by atoms with Crippen LogP contribution >= 0.6 is 11.8 Å². The molecule has 0 bridgehead atoms. The molecule has 0 aromatic rings. The maximum Gasteiger partial charge on any atom is 0.0818 e. The van der Waals surface area contributed by atoms with Crippen molar-refractivity contribution in [2.24, 2.45) is 0 Å². The van der Waals surface area contributed by atoms with Crippen LogP contribution in [0.1, 0.15) is 39.0 Å². The van der Waals surface area contributed by atoms with Crippen LogP contribution in [0.25, 0.3) is 0 Å². The van der Waals surface area contributed by atoms with Crippen LogP contribution in [0.3, 0.4) is 0 Å². The van der Waals surface area contributed by atoms with Crippen molar-refractivity contribution in [1.82, 2.24) is 5.32 Å². The lowest BCUT2D eigenvalue weighted by atomic mass is 10.0. The summed E-state index contributed by atoms with van der Waals surface area (Å²) in [5, 5.41) is 3.41. The molecule has 0 aliphatic carbocycles. The summed E-state index contributed by atoms with van der Waals surface area (Å²) in [5.74, 6) is 2.34. The number of likely N-dealkylation sites (N-methyl/N-ethyl adjacent to an activating group) is 1. The molecular formula is C12H25NOS. The quantitative estimate of drug-likeness (QED) is 0.681. The minimum atomic E-state index is 0.440. The Balaban J connectivity index is 2.15. The van der Waals surface area contributed by atoms with E-state index in [0.717, 1.165) is 6.61 Å². The van der Waals surface area contributed by atoms with E-state index < -0.39 is 0 Å². The summed E-state index contributed by atoms with van der Waals surface area (Å²) in [6.45, 7) is 3.19. The standard InChI is InChI=1S/C12H25NOS/c1-3-4-5-6-7-11(13-2)12-10-15-9-8-14-12/h11-13H,3-10H2,1-2H3. The van der Waals surface area contributed by atoms with Gasteiger partial charge in [-0.25, -0.2) is 0 Å². The van der Waals surface area contributed by atoms with Gasteiger partial charge in [0.15, 0.2) is 0 Å². The minimum absolute atomic E-state index is 0.440. The van der Waals surface area contributed by atoms with Gasteiger partial charge in [-0.3, -0.25) is 0 Å². The molecule has 0 amide bonds. The number of unbranched alkanes of at least 4 members (excludes halogenated alkanes) is 3. The highest BCUT2D eigenvalue weighted by Crippen LogP contribution is 2.18. The van der Waals surface area contributed by atoms with Crippen molar-refractivity contribution in [2.75, 3.05) is 25.2 Å². The van der Waals surface area contributed by atoms with Gasteiger partial charge in [0.05, 0.1) is 12.7 Å². The maximum absolute atomic E-state index is 5.80. The largest absolute Gasteiger partial charge is 0.375 e. The van der Waals surface area contributed by atoms with E-state index in [1.165, 1.54) is 43.6 Å². The van der Waals surface area contributed by atoms with Crippen LogP contribution in [-0.4, -0.2) is 37.3 Å². The van der Waals surface area contributed by atoms with Crippen LogP contribution in [0, 0.1) is 0 Å². The van der Waals surface area contributed by atoms with Crippen molar-refractivity contribution >= 4 is 11.8 Å². The van der Waals surface area contributed by atoms with E-state index in [2.05, 4.69) is 19.3 Å². The lowest BCUT2D eigenvalue weighted by Gasteiger charge is -2.30. The first-order valence-electron chi connectivity index (χ1n) is 6.25. The van der Waals surface area contributed by atoms with Crippen LogP contribution in [-0.2, 0) is 4.74 Å². The molecule has 1 heterocycles. The highest BCUT2D eigenvalue weighted by molar-refractivity contribution is 7.99. The Morgan fingerprint density at radius 2 is 2.27 bits per heavy atom. The first kappa shape index (κ1) is 13.3. The normalized spacial score (nSPS) is 24.0. The third-order valence-electron chi connectivity index (χ3n) is 3.03. The lowest BCUT2D eigenvalue weighted by molar-refractivity contribution is 0.0462. The summed E-state index contributed by atoms with van der Waals surface area (Å²) in [6, 6.07) is 0.564. The van der Waals surface area contributed by atoms with Crippen molar-refractivity contribution in [2.45, 2.75) is 51.2 Å². The molecule has 1 aliphatic heterocycles. The van der Waals surface area contributed by atoms with Crippen LogP contribution in [0.2, 0.25) is 0 Å². The van der Waals surface area contributed by atoms with Gasteiger partial charge in [-0.1, -0.05) is 32.6 Å². The summed E-state index contributed by atoms with van der Waals surface area (Å²) in [7, 11) is 2.06. The van der Waals surface area contributed by atoms with E-state index in [0.29, 0.717) is 12.1 Å². The molecule has 0 aromatic carbocycles. The van der Waals surface area contributed by atoms with Crippen LogP contribution in [0.4, 0.5) is 0 Å². The maximum atomic E-state index is 5.80. The van der Waals surface area contributed by atoms with E-state index in [-0.39, 0.29) is 0 Å². The summed E-state index contributed by atoms with van der Waals surface area (Å²) in [6.07, 6.45) is 7.10. The fourth-order valence-corrected chi connectivity index (χ4v) is 2.99. The first-order chi connectivity index (χ1) is 7.38.